The molecule has 1 atom stereocenters. The molecule has 0 spiro atoms. The third-order valence-corrected chi connectivity index (χ3v) is 3.12. The Labute approximate surface area is 70.8 Å². The normalized spacial score (nSPS) is 11.1. The third-order valence-electron chi connectivity index (χ3n) is 1.63. The van der Waals surface area contributed by atoms with Crippen LogP contribution < -0.4 is 5.30 Å². The van der Waals surface area contributed by atoms with Gasteiger partial charge < -0.3 is 0 Å². The van der Waals surface area contributed by atoms with Gasteiger partial charge in [0.1, 0.15) is 0 Å². The average Bonchev–Trinajstić information content (AvgIpc) is 2.04. The first-order valence-electron chi connectivity index (χ1n) is 4.13. The zero-order valence-corrected chi connectivity index (χ0v) is 8.22. The second-order valence-corrected chi connectivity index (χ2v) is 4.22. The first-order valence-corrected chi connectivity index (χ1v) is 5.34. The fourth-order valence-electron chi connectivity index (χ4n) is 0.941. The Kier molecular flexibility index (Phi) is 3.59. The highest BCUT2D eigenvalue weighted by Crippen LogP contribution is 2.11. The molecule has 0 saturated heterocycles. The molecule has 0 heterocycles. The van der Waals surface area contributed by atoms with Crippen molar-refractivity contribution in [3.63, 3.8) is 0 Å². The molecular weight excluding hydrogens is 151 g/mol. The number of rotatable bonds is 3. The lowest BCUT2D eigenvalue weighted by Crippen LogP contribution is -1.93. The monoisotopic (exact) mass is 166 g/mol. The van der Waals surface area contributed by atoms with E-state index >= 15 is 0 Å². The lowest BCUT2D eigenvalue weighted by Gasteiger charge is -1.99. The molecule has 60 valence electrons. The van der Waals surface area contributed by atoms with Crippen LogP contribution in [0.25, 0.3) is 0 Å². The molecule has 0 N–H and O–H groups in total. The van der Waals surface area contributed by atoms with E-state index in [1.165, 1.54) is 23.5 Å². The molecule has 0 aliphatic heterocycles. The Morgan fingerprint density at radius 3 is 2.36 bits per heavy atom. The van der Waals surface area contributed by atoms with E-state index in [1.54, 1.807) is 0 Å². The lowest BCUT2D eigenvalue weighted by molar-refractivity contribution is 1.10. The quantitative estimate of drug-likeness (QED) is 0.605. The van der Waals surface area contributed by atoms with Crippen LogP contribution in [0.15, 0.2) is 24.3 Å². The first-order chi connectivity index (χ1) is 5.33. The molecule has 0 radical (unpaired) electrons. The van der Waals surface area contributed by atoms with Crippen molar-refractivity contribution >= 4 is 13.9 Å². The number of benzene rings is 1. The minimum atomic E-state index is 1.00. The van der Waals surface area contributed by atoms with E-state index in [0.717, 1.165) is 8.58 Å². The minimum absolute atomic E-state index is 1.00. The molecule has 0 amide bonds. The summed E-state index contributed by atoms with van der Waals surface area (Å²) in [6.07, 6.45) is 2.63. The van der Waals surface area contributed by atoms with Gasteiger partial charge in [-0.25, -0.2) is 0 Å². The second kappa shape index (κ2) is 4.51. The van der Waals surface area contributed by atoms with E-state index < -0.39 is 0 Å². The van der Waals surface area contributed by atoms with Crippen LogP contribution in [0.4, 0.5) is 0 Å². The third kappa shape index (κ3) is 3.03. The van der Waals surface area contributed by atoms with E-state index in [9.17, 15) is 0 Å². The van der Waals surface area contributed by atoms with Crippen LogP contribution in [-0.4, -0.2) is 6.16 Å². The van der Waals surface area contributed by atoms with Crippen molar-refractivity contribution in [3.8, 4) is 0 Å². The summed E-state index contributed by atoms with van der Waals surface area (Å²) >= 11 is 0. The molecule has 1 heteroatoms. The molecule has 0 aliphatic carbocycles. The Hall–Kier alpha value is -0.350. The van der Waals surface area contributed by atoms with E-state index in [1.807, 2.05) is 0 Å². The van der Waals surface area contributed by atoms with E-state index in [-0.39, 0.29) is 0 Å². The molecule has 0 saturated carbocycles. The van der Waals surface area contributed by atoms with Crippen LogP contribution in [0, 0.1) is 6.92 Å². The Bertz CT molecular complexity index is 201. The van der Waals surface area contributed by atoms with Crippen molar-refractivity contribution in [2.24, 2.45) is 0 Å². The van der Waals surface area contributed by atoms with Crippen molar-refractivity contribution in [1.82, 2.24) is 0 Å². The predicted molar refractivity (Wildman–Crippen MR) is 54.3 cm³/mol. The predicted octanol–water partition coefficient (Wildman–Crippen LogP) is 2.71. The van der Waals surface area contributed by atoms with Gasteiger partial charge in [-0.15, -0.1) is 0 Å². The van der Waals surface area contributed by atoms with Crippen LogP contribution in [0.5, 0.6) is 0 Å². The Morgan fingerprint density at radius 1 is 1.18 bits per heavy atom. The van der Waals surface area contributed by atoms with Crippen LogP contribution >= 0.6 is 8.58 Å². The number of hydrogen-bond acceptors (Lipinski definition) is 0. The Morgan fingerprint density at radius 2 is 1.82 bits per heavy atom. The second-order valence-electron chi connectivity index (χ2n) is 2.79. The zero-order valence-electron chi connectivity index (χ0n) is 7.22. The zero-order chi connectivity index (χ0) is 8.10. The minimum Gasteiger partial charge on any atom is -0.0904 e. The molecule has 0 fully saturated rings. The summed E-state index contributed by atoms with van der Waals surface area (Å²) < 4.78 is 0. The molecule has 1 aromatic carbocycles. The van der Waals surface area contributed by atoms with Gasteiger partial charge in [-0.2, -0.15) is 0 Å². The highest BCUT2D eigenvalue weighted by atomic mass is 31.1. The van der Waals surface area contributed by atoms with Gasteiger partial charge in [-0.3, -0.25) is 0 Å². The topological polar surface area (TPSA) is 0 Å². The number of hydrogen-bond donors (Lipinski definition) is 0. The van der Waals surface area contributed by atoms with Gasteiger partial charge >= 0.3 is 0 Å². The highest BCUT2D eigenvalue weighted by Gasteiger charge is 1.89. The smallest absolute Gasteiger partial charge is 0.0271 e. The first kappa shape index (κ1) is 8.74. The molecule has 11 heavy (non-hydrogen) atoms. The van der Waals surface area contributed by atoms with Gasteiger partial charge in [0.05, 0.1) is 0 Å². The van der Waals surface area contributed by atoms with E-state index in [4.69, 9.17) is 0 Å². The van der Waals surface area contributed by atoms with Gasteiger partial charge in [0.2, 0.25) is 0 Å². The molecule has 1 rings (SSSR count). The number of aryl methyl sites for hydroxylation is 1. The fraction of sp³-hybridized carbons (Fsp3) is 0.400. The fourth-order valence-corrected chi connectivity index (χ4v) is 1.88. The van der Waals surface area contributed by atoms with Gasteiger partial charge in [0.15, 0.2) is 0 Å². The highest BCUT2D eigenvalue weighted by molar-refractivity contribution is 7.47. The van der Waals surface area contributed by atoms with Crippen molar-refractivity contribution < 1.29 is 0 Å². The molecule has 0 bridgehead atoms. The molecule has 1 aromatic rings. The SMILES string of the molecule is CCCPc1ccc(C)cc1. The maximum Gasteiger partial charge on any atom is -0.0271 e. The maximum atomic E-state index is 2.24. The maximum absolute atomic E-state index is 2.24. The van der Waals surface area contributed by atoms with Gasteiger partial charge in [0, 0.05) is 0 Å². The van der Waals surface area contributed by atoms with E-state index in [0.29, 0.717) is 0 Å². The van der Waals surface area contributed by atoms with Crippen molar-refractivity contribution in [2.45, 2.75) is 20.3 Å². The largest absolute Gasteiger partial charge is 0.0904 e. The summed E-state index contributed by atoms with van der Waals surface area (Å²) in [5.41, 5.74) is 1.36. The van der Waals surface area contributed by atoms with Crippen LogP contribution in [-0.2, 0) is 0 Å². The van der Waals surface area contributed by atoms with Crippen molar-refractivity contribution in [2.75, 3.05) is 6.16 Å². The summed E-state index contributed by atoms with van der Waals surface area (Å²) in [5.74, 6) is 0. The molecule has 0 aliphatic rings. The molecule has 0 nitrogen and oxygen atoms in total. The standard InChI is InChI=1S/C10H15P/c1-3-8-11-10-6-4-9(2)5-7-10/h4-7,11H,3,8H2,1-2H3. The lowest BCUT2D eigenvalue weighted by atomic mass is 10.2. The van der Waals surface area contributed by atoms with Gasteiger partial charge in [-0.1, -0.05) is 51.8 Å². The van der Waals surface area contributed by atoms with Crippen LogP contribution in [0.3, 0.4) is 0 Å². The summed E-state index contributed by atoms with van der Waals surface area (Å²) in [7, 11) is 1.00. The van der Waals surface area contributed by atoms with Gasteiger partial charge in [-0.05, 0) is 18.4 Å². The van der Waals surface area contributed by atoms with E-state index in [2.05, 4.69) is 38.1 Å². The summed E-state index contributed by atoms with van der Waals surface area (Å²) in [5, 5.41) is 1.50. The summed E-state index contributed by atoms with van der Waals surface area (Å²) in [6.45, 7) is 4.37. The summed E-state index contributed by atoms with van der Waals surface area (Å²) in [6, 6.07) is 8.86. The van der Waals surface area contributed by atoms with Crippen molar-refractivity contribution in [1.29, 1.82) is 0 Å². The van der Waals surface area contributed by atoms with Crippen molar-refractivity contribution in [3.05, 3.63) is 29.8 Å². The molecule has 1 unspecified atom stereocenters. The molecule has 0 aromatic heterocycles. The molecular formula is C10H15P. The van der Waals surface area contributed by atoms with Gasteiger partial charge in [0.25, 0.3) is 0 Å². The summed E-state index contributed by atoms with van der Waals surface area (Å²) in [4.78, 5) is 0. The Balaban J connectivity index is 2.52. The average molecular weight is 166 g/mol. The van der Waals surface area contributed by atoms with Crippen LogP contribution in [0.2, 0.25) is 0 Å². The van der Waals surface area contributed by atoms with Crippen LogP contribution in [0.1, 0.15) is 18.9 Å².